The van der Waals surface area contributed by atoms with Crippen molar-refractivity contribution in [3.8, 4) is 0 Å². The first-order valence-corrected chi connectivity index (χ1v) is 6.82. The van der Waals surface area contributed by atoms with Crippen molar-refractivity contribution in [2.45, 2.75) is 31.8 Å². The number of carbonyl (C=O) groups excluding carboxylic acids is 1. The van der Waals surface area contributed by atoms with E-state index in [1.54, 1.807) is 12.1 Å². The zero-order valence-electron chi connectivity index (χ0n) is 11.8. The van der Waals surface area contributed by atoms with Gasteiger partial charge in [0.05, 0.1) is 5.56 Å². The van der Waals surface area contributed by atoms with Crippen LogP contribution in [0.1, 0.15) is 40.5 Å². The third kappa shape index (κ3) is 3.36. The number of hydrogen-bond acceptors (Lipinski definition) is 3. The number of carboxylic acid groups (broad SMARTS) is 1. The maximum Gasteiger partial charge on any atom is 0.335 e. The van der Waals surface area contributed by atoms with Crippen molar-refractivity contribution >= 4 is 11.9 Å². The Morgan fingerprint density at radius 3 is 2.40 bits per heavy atom. The number of piperidine rings is 1. The lowest BCUT2D eigenvalue weighted by Gasteiger charge is -2.35. The number of rotatable bonds is 3. The maximum atomic E-state index is 12.1. The van der Waals surface area contributed by atoms with E-state index in [2.05, 4.69) is 24.2 Å². The molecule has 1 amide bonds. The monoisotopic (exact) mass is 276 g/mol. The van der Waals surface area contributed by atoms with Crippen LogP contribution in [-0.4, -0.2) is 47.6 Å². The van der Waals surface area contributed by atoms with Crippen molar-refractivity contribution in [1.29, 1.82) is 0 Å². The molecule has 0 radical (unpaired) electrons. The molecule has 1 fully saturated rings. The van der Waals surface area contributed by atoms with Crippen LogP contribution in [-0.2, 0) is 0 Å². The summed E-state index contributed by atoms with van der Waals surface area (Å²) in [6, 6.07) is 6.66. The van der Waals surface area contributed by atoms with Gasteiger partial charge in [-0.15, -0.1) is 0 Å². The summed E-state index contributed by atoms with van der Waals surface area (Å²) in [5.41, 5.74) is 0.691. The average Bonchev–Trinajstić information content (AvgIpc) is 2.43. The number of nitrogens with zero attached hydrogens (tertiary/aromatic N) is 1. The Morgan fingerprint density at radius 2 is 1.85 bits per heavy atom. The Kier molecular flexibility index (Phi) is 4.39. The summed E-state index contributed by atoms with van der Waals surface area (Å²) in [5, 5.41) is 11.8. The summed E-state index contributed by atoms with van der Waals surface area (Å²) in [6.07, 6.45) is 1.88. The summed E-state index contributed by atoms with van der Waals surface area (Å²) < 4.78 is 0. The van der Waals surface area contributed by atoms with Crippen molar-refractivity contribution < 1.29 is 14.7 Å². The van der Waals surface area contributed by atoms with Gasteiger partial charge in [-0.3, -0.25) is 4.79 Å². The van der Waals surface area contributed by atoms with Crippen LogP contribution >= 0.6 is 0 Å². The van der Waals surface area contributed by atoms with Gasteiger partial charge in [0.15, 0.2) is 0 Å². The topological polar surface area (TPSA) is 69.6 Å². The Hall–Kier alpha value is -1.88. The number of aromatic carboxylic acids is 1. The Morgan fingerprint density at radius 1 is 1.25 bits per heavy atom. The molecule has 2 N–H and O–H groups in total. The minimum absolute atomic E-state index is 0.135. The first-order valence-electron chi connectivity index (χ1n) is 6.82. The molecular weight excluding hydrogens is 256 g/mol. The molecule has 2 atom stereocenters. The highest BCUT2D eigenvalue weighted by Crippen LogP contribution is 2.16. The molecule has 0 aromatic heterocycles. The number of hydrogen-bond donors (Lipinski definition) is 2. The van der Waals surface area contributed by atoms with Crippen LogP contribution < -0.4 is 5.32 Å². The van der Waals surface area contributed by atoms with E-state index in [1.165, 1.54) is 12.1 Å². The predicted molar refractivity (Wildman–Crippen MR) is 76.0 cm³/mol. The third-order valence-electron chi connectivity index (χ3n) is 3.94. The van der Waals surface area contributed by atoms with E-state index in [1.807, 2.05) is 0 Å². The lowest BCUT2D eigenvalue weighted by molar-refractivity contribution is 0.0696. The normalized spacial score (nSPS) is 23.3. The molecule has 5 heteroatoms. The van der Waals surface area contributed by atoms with Crippen molar-refractivity contribution in [3.05, 3.63) is 35.4 Å². The van der Waals surface area contributed by atoms with E-state index in [4.69, 9.17) is 5.11 Å². The Bertz CT molecular complexity index is 498. The van der Waals surface area contributed by atoms with E-state index in [-0.39, 0.29) is 17.5 Å². The summed E-state index contributed by atoms with van der Waals surface area (Å²) in [6.45, 7) is 3.13. The van der Waals surface area contributed by atoms with E-state index >= 15 is 0 Å². The smallest absolute Gasteiger partial charge is 0.335 e. The molecule has 1 heterocycles. The van der Waals surface area contributed by atoms with E-state index in [0.717, 1.165) is 19.4 Å². The molecule has 1 saturated heterocycles. The minimum atomic E-state index is -0.985. The summed E-state index contributed by atoms with van der Waals surface area (Å²) >= 11 is 0. The summed E-state index contributed by atoms with van der Waals surface area (Å²) in [5.74, 6) is -1.12. The fourth-order valence-electron chi connectivity index (χ4n) is 2.45. The average molecular weight is 276 g/mol. The SMILES string of the molecule is CC1CC(NC(=O)c2ccc(C(=O)O)cc2)CCN1C. The highest BCUT2D eigenvalue weighted by atomic mass is 16.4. The number of nitrogens with one attached hydrogen (secondary N) is 1. The van der Waals surface area contributed by atoms with E-state index < -0.39 is 5.97 Å². The lowest BCUT2D eigenvalue weighted by atomic mass is 9.98. The van der Waals surface area contributed by atoms with Crippen LogP contribution in [0.3, 0.4) is 0 Å². The molecule has 2 unspecified atom stereocenters. The first kappa shape index (κ1) is 14.5. The molecule has 108 valence electrons. The molecule has 0 spiro atoms. The minimum Gasteiger partial charge on any atom is -0.478 e. The van der Waals surface area contributed by atoms with Crippen LogP contribution in [0.15, 0.2) is 24.3 Å². The first-order chi connectivity index (χ1) is 9.47. The standard InChI is InChI=1S/C15H20N2O3/c1-10-9-13(7-8-17(10)2)16-14(18)11-3-5-12(6-4-11)15(19)20/h3-6,10,13H,7-9H2,1-2H3,(H,16,18)(H,19,20). The second kappa shape index (κ2) is 6.05. The third-order valence-corrected chi connectivity index (χ3v) is 3.94. The van der Waals surface area contributed by atoms with Gasteiger partial charge in [0, 0.05) is 24.2 Å². The van der Waals surface area contributed by atoms with Crippen LogP contribution in [0.2, 0.25) is 0 Å². The van der Waals surface area contributed by atoms with E-state index in [9.17, 15) is 9.59 Å². The number of amides is 1. The molecule has 0 saturated carbocycles. The maximum absolute atomic E-state index is 12.1. The van der Waals surface area contributed by atoms with Gasteiger partial charge in [-0.05, 0) is 51.1 Å². The van der Waals surface area contributed by atoms with Crippen molar-refractivity contribution in [1.82, 2.24) is 10.2 Å². The molecule has 20 heavy (non-hydrogen) atoms. The van der Waals surface area contributed by atoms with Crippen LogP contribution in [0.25, 0.3) is 0 Å². The molecule has 1 aliphatic heterocycles. The van der Waals surface area contributed by atoms with Gasteiger partial charge in [0.2, 0.25) is 0 Å². The van der Waals surface area contributed by atoms with Gasteiger partial charge in [-0.2, -0.15) is 0 Å². The van der Waals surface area contributed by atoms with Gasteiger partial charge in [0.25, 0.3) is 5.91 Å². The molecule has 1 aliphatic rings. The van der Waals surface area contributed by atoms with Gasteiger partial charge in [-0.1, -0.05) is 0 Å². The van der Waals surface area contributed by atoms with Crippen molar-refractivity contribution in [2.24, 2.45) is 0 Å². The molecule has 5 nitrogen and oxygen atoms in total. The predicted octanol–water partition coefficient (Wildman–Crippen LogP) is 1.60. The second-order valence-corrected chi connectivity index (χ2v) is 5.41. The lowest BCUT2D eigenvalue weighted by Crippen LogP contribution is -2.47. The van der Waals surface area contributed by atoms with Crippen molar-refractivity contribution in [3.63, 3.8) is 0 Å². The summed E-state index contributed by atoms with van der Waals surface area (Å²) in [7, 11) is 2.09. The molecule has 0 bridgehead atoms. The summed E-state index contributed by atoms with van der Waals surface area (Å²) in [4.78, 5) is 25.2. The number of benzene rings is 1. The number of carbonyl (C=O) groups is 2. The highest BCUT2D eigenvalue weighted by Gasteiger charge is 2.24. The molecule has 1 aromatic rings. The van der Waals surface area contributed by atoms with Crippen LogP contribution in [0.4, 0.5) is 0 Å². The quantitative estimate of drug-likeness (QED) is 0.879. The fraction of sp³-hybridized carbons (Fsp3) is 0.467. The van der Waals surface area contributed by atoms with Crippen LogP contribution in [0, 0.1) is 0 Å². The Balaban J connectivity index is 1.96. The zero-order chi connectivity index (χ0) is 14.7. The number of likely N-dealkylation sites (tertiary alicyclic amines) is 1. The van der Waals surface area contributed by atoms with Gasteiger partial charge >= 0.3 is 5.97 Å². The van der Waals surface area contributed by atoms with Gasteiger partial charge < -0.3 is 15.3 Å². The Labute approximate surface area is 118 Å². The molecule has 2 rings (SSSR count). The molecule has 0 aliphatic carbocycles. The second-order valence-electron chi connectivity index (χ2n) is 5.41. The highest BCUT2D eigenvalue weighted by molar-refractivity contribution is 5.96. The van der Waals surface area contributed by atoms with Crippen molar-refractivity contribution in [2.75, 3.05) is 13.6 Å². The van der Waals surface area contributed by atoms with Crippen LogP contribution in [0.5, 0.6) is 0 Å². The molecule has 1 aromatic carbocycles. The zero-order valence-corrected chi connectivity index (χ0v) is 11.8. The van der Waals surface area contributed by atoms with E-state index in [0.29, 0.717) is 11.6 Å². The van der Waals surface area contributed by atoms with Gasteiger partial charge in [-0.25, -0.2) is 4.79 Å². The molecular formula is C15H20N2O3. The largest absolute Gasteiger partial charge is 0.478 e. The number of carboxylic acids is 1. The fourth-order valence-corrected chi connectivity index (χ4v) is 2.45. The van der Waals surface area contributed by atoms with Gasteiger partial charge in [0.1, 0.15) is 0 Å².